The third-order valence-electron chi connectivity index (χ3n) is 15.0. The fraction of sp³-hybridized carbons (Fsp3) is 0.491. The standard InChI is InChI=1S/C55H82N14O22S3.In/c1-34-22-38(23-35(2)50(34)94(89,90)64-41(54(81)82)26-60-51(78)40-28-65(4)44-24-37(7-8-39(44)49(40)77)25-61-55-58-11-12-59-55)91-21-5-6-45(71)56-9-10-57-52(79)42(32-92(83,84)85)63-53(80)43(33-93(86,87)88)62-46(72)29-67-15-19-68(30-47(73)74)17-13-66(27-36(3)70)14-18-69(20-16-67)31-48(75)76;/h7-8,11-12,22-24,28,41-43,64,70,83-88H,3,5-6,9-10,13-21,25-27,29-33H2,1-2,4H3,(H,56,71)(H,57,79)(H,60,78)(H,62,72)(H,63,80)(H,73,74)(H,75,76)(H,81,82)(H2,58,59,61);/q;+3/p-3. The minimum absolute atomic E-state index is 0.0507. The number of carbonyl (C=O) groups is 8. The van der Waals surface area contributed by atoms with Gasteiger partial charge in [0.2, 0.25) is 27.3 Å². The summed E-state index contributed by atoms with van der Waals surface area (Å²) in [5, 5.41) is 25.0. The number of carboxylic acid groups (broad SMARTS) is 1. The van der Waals surface area contributed by atoms with Crippen molar-refractivity contribution < 1.29 is 92.5 Å². The number of aromatic nitrogens is 3. The van der Waals surface area contributed by atoms with Gasteiger partial charge in [-0.15, -0.1) is 0 Å². The number of ether oxygens (including phenoxy) is 1. The minimum atomic E-state index is -4.57. The van der Waals surface area contributed by atoms with Gasteiger partial charge in [0.25, 0.3) is 5.91 Å². The van der Waals surface area contributed by atoms with Crippen LogP contribution in [0.15, 0.2) is 71.0 Å². The zero-order valence-corrected chi connectivity index (χ0v) is 57.9. The molecule has 7 rings (SSSR count). The zero-order chi connectivity index (χ0) is 69.4. The van der Waals surface area contributed by atoms with Gasteiger partial charge in [-0.2, -0.15) is 4.72 Å². The monoisotopic (exact) mass is 1500 g/mol. The van der Waals surface area contributed by atoms with Crippen LogP contribution in [0.25, 0.3) is 10.9 Å². The molecular weight excluding hydrogens is 1420 g/mol. The number of rotatable bonds is 28. The van der Waals surface area contributed by atoms with Crippen molar-refractivity contribution in [2.24, 2.45) is 7.05 Å². The van der Waals surface area contributed by atoms with Gasteiger partial charge in [0.15, 0.2) is 5.95 Å². The number of pyridine rings is 1. The fourth-order valence-electron chi connectivity index (χ4n) is 10.4. The van der Waals surface area contributed by atoms with E-state index in [0.717, 1.165) is 5.56 Å². The zero-order valence-electron chi connectivity index (χ0n) is 52.1. The summed E-state index contributed by atoms with van der Waals surface area (Å²) < 4.78 is 114. The van der Waals surface area contributed by atoms with Crippen LogP contribution < -0.4 is 46.8 Å². The van der Waals surface area contributed by atoms with E-state index in [2.05, 4.69) is 58.1 Å². The SMILES string of the molecule is C=C1CN2CCN3CCN(CC(=O)NC(CS(O)(O)O)C(=O)NC(CS(O)(O)O)C(=O)NCCNC(=O)CCCOc4cc(C)c(S(=O)(=O)NC(CNC(=O)c5cn(C)c6cc(CNc7ncc[nH]7)ccc6c5=O)C(=O)O)c(C)c4)CCN(CC2)CC(=O)[O][In]([O]1)[O]C(=O)C3. The number of hydrogen-bond donors (Lipinski definition) is 15. The van der Waals surface area contributed by atoms with Gasteiger partial charge in [-0.3, -0.25) is 28.8 Å². The van der Waals surface area contributed by atoms with E-state index in [1.807, 2.05) is 0 Å². The van der Waals surface area contributed by atoms with Crippen molar-refractivity contribution in [1.82, 2.24) is 65.4 Å². The second kappa shape index (κ2) is 34.2. The Morgan fingerprint density at radius 2 is 1.34 bits per heavy atom. The van der Waals surface area contributed by atoms with Crippen LogP contribution in [-0.2, 0) is 65.7 Å². The number of amides is 5. The fourth-order valence-corrected chi connectivity index (χ4v) is 16.4. The summed E-state index contributed by atoms with van der Waals surface area (Å²) in [6, 6.07) is 1.99. The third-order valence-corrected chi connectivity index (χ3v) is 22.4. The van der Waals surface area contributed by atoms with E-state index in [0.29, 0.717) is 56.5 Å². The predicted octanol–water partition coefficient (Wildman–Crippen LogP) is -1.69. The molecule has 15 N–H and O–H groups in total. The average Bonchev–Trinajstić information content (AvgIpc) is 1.43. The summed E-state index contributed by atoms with van der Waals surface area (Å²) in [7, 11) is -12.0. The number of aliphatic carboxylic acids is 1. The van der Waals surface area contributed by atoms with E-state index >= 15 is 0 Å². The van der Waals surface area contributed by atoms with E-state index in [-0.39, 0.29) is 105 Å². The van der Waals surface area contributed by atoms with Gasteiger partial charge in [0, 0.05) is 63.6 Å². The van der Waals surface area contributed by atoms with E-state index in [1.54, 1.807) is 56.9 Å². The van der Waals surface area contributed by atoms with Crippen LogP contribution in [0.4, 0.5) is 5.95 Å². The van der Waals surface area contributed by atoms with E-state index in [9.17, 15) is 84.0 Å². The Kier molecular flexibility index (Phi) is 27.1. The normalized spacial score (nSPS) is 18.9. The number of imidazole rings is 1. The molecule has 3 aliphatic heterocycles. The molecule has 36 nitrogen and oxygen atoms in total. The van der Waals surface area contributed by atoms with E-state index < -0.39 is 150 Å². The molecule has 5 atom stereocenters. The molecule has 2 aromatic carbocycles. The number of anilines is 1. The predicted molar refractivity (Wildman–Crippen MR) is 344 cm³/mol. The Morgan fingerprint density at radius 3 is 1.93 bits per heavy atom. The van der Waals surface area contributed by atoms with Crippen LogP contribution in [0.1, 0.15) is 39.9 Å². The number of nitrogens with one attached hydrogen (secondary N) is 8. The Balaban J connectivity index is 0.864. The van der Waals surface area contributed by atoms with Gasteiger partial charge < -0.3 is 73.3 Å². The van der Waals surface area contributed by atoms with Gasteiger partial charge in [-0.05, 0) is 61.2 Å². The second-order valence-corrected chi connectivity index (χ2v) is 31.1. The molecule has 3 fully saturated rings. The number of hydrogen-bond acceptors (Lipinski definition) is 27. The molecule has 5 unspecified atom stereocenters. The molecule has 2 aromatic heterocycles. The number of fused-ring (bicyclic) bond motifs is 8. The van der Waals surface area contributed by atoms with Crippen LogP contribution in [0, 0.1) is 13.8 Å². The Bertz CT molecular complexity index is 3570. The number of aromatic amines is 1. The van der Waals surface area contributed by atoms with Crippen molar-refractivity contribution >= 4 is 119 Å². The van der Waals surface area contributed by atoms with E-state index in [1.165, 1.54) is 32.2 Å². The van der Waals surface area contributed by atoms with Crippen LogP contribution in [0.2, 0.25) is 0 Å². The number of benzene rings is 2. The Morgan fingerprint density at radius 1 is 0.747 bits per heavy atom. The topological polar surface area (TPSA) is 497 Å². The first kappa shape index (κ1) is 75.2. The summed E-state index contributed by atoms with van der Waals surface area (Å²) in [6.07, 6.45) is 4.55. The summed E-state index contributed by atoms with van der Waals surface area (Å²) >= 11 is -4.16. The van der Waals surface area contributed by atoms with Crippen LogP contribution in [-0.4, -0.2) is 280 Å². The number of nitrogens with zero attached hydrogens (tertiary/aromatic N) is 6. The molecule has 3 saturated heterocycles. The summed E-state index contributed by atoms with van der Waals surface area (Å²) in [4.78, 5) is 133. The summed E-state index contributed by atoms with van der Waals surface area (Å²) in [5.41, 5.74) is 0.708. The quantitative estimate of drug-likeness (QED) is 0.0282. The van der Waals surface area contributed by atoms with Crippen molar-refractivity contribution in [1.29, 1.82) is 0 Å². The maximum absolute atomic E-state index is 13.7. The Labute approximate surface area is 557 Å². The maximum atomic E-state index is 13.7. The average molecular weight is 1500 g/mol. The molecule has 522 valence electrons. The number of H-pyrrole nitrogens is 1. The van der Waals surface area contributed by atoms with E-state index in [4.69, 9.17) is 13.3 Å². The van der Waals surface area contributed by atoms with Crippen molar-refractivity contribution in [2.75, 3.05) is 122 Å². The summed E-state index contributed by atoms with van der Waals surface area (Å²) in [5.74, 6) is -9.10. The van der Waals surface area contributed by atoms with Crippen LogP contribution in [0.5, 0.6) is 5.75 Å². The third kappa shape index (κ3) is 23.9. The first-order valence-electron chi connectivity index (χ1n) is 29.6. The van der Waals surface area contributed by atoms with Crippen molar-refractivity contribution in [2.45, 2.75) is 56.3 Å². The molecule has 4 bridgehead atoms. The molecule has 0 aliphatic carbocycles. The number of sulfonamides is 1. The van der Waals surface area contributed by atoms with Crippen LogP contribution >= 0.6 is 21.7 Å². The van der Waals surface area contributed by atoms with Crippen molar-refractivity contribution in [3.63, 3.8) is 0 Å². The Hall–Kier alpha value is -7.16. The molecule has 5 heterocycles. The molecule has 0 spiro atoms. The van der Waals surface area contributed by atoms with Crippen molar-refractivity contribution in [3.8, 4) is 5.75 Å². The van der Waals surface area contributed by atoms with Crippen LogP contribution in [0.3, 0.4) is 0 Å². The van der Waals surface area contributed by atoms with Gasteiger partial charge in [0.05, 0.1) is 44.5 Å². The molecule has 3 aliphatic rings. The first-order chi connectivity index (χ1) is 44.8. The molecule has 40 heteroatoms. The molecule has 95 heavy (non-hydrogen) atoms. The molecule has 0 radical (unpaired) electrons. The number of aryl methyl sites for hydroxylation is 3. The molecule has 4 aromatic rings. The second-order valence-electron chi connectivity index (χ2n) is 22.6. The molecular formula is C55H79InN14O22S3. The van der Waals surface area contributed by atoms with Gasteiger partial charge in [-0.1, -0.05) is 6.07 Å². The number of carbonyl (C=O) groups excluding carboxylic acids is 7. The van der Waals surface area contributed by atoms with Gasteiger partial charge in [0.1, 0.15) is 23.4 Å². The molecule has 5 amide bonds. The van der Waals surface area contributed by atoms with Gasteiger partial charge in [-0.25, -0.2) is 13.4 Å². The summed E-state index contributed by atoms with van der Waals surface area (Å²) in [6.45, 7) is 7.80. The first-order valence-corrected chi connectivity index (χ1v) is 38.5. The van der Waals surface area contributed by atoms with Crippen molar-refractivity contribution in [3.05, 3.63) is 93.7 Å². The van der Waals surface area contributed by atoms with Gasteiger partial charge >= 0.3 is 203 Å². The number of carboxylic acids is 1. The molecule has 0 saturated carbocycles.